The number of fused-ring (bicyclic) bond motifs is 1. The van der Waals surface area contributed by atoms with Crippen molar-refractivity contribution in [3.05, 3.63) is 34.1 Å². The van der Waals surface area contributed by atoms with Gasteiger partial charge in [0.05, 0.1) is 16.5 Å². The predicted octanol–water partition coefficient (Wildman–Crippen LogP) is 1.05. The van der Waals surface area contributed by atoms with Gasteiger partial charge in [0.2, 0.25) is 0 Å². The van der Waals surface area contributed by atoms with Gasteiger partial charge in [-0.05, 0) is 25.1 Å². The molecule has 1 aromatic carbocycles. The minimum absolute atomic E-state index is 0.184. The minimum Gasteiger partial charge on any atom is -0.478 e. The Morgan fingerprint density at radius 2 is 2.27 bits per heavy atom. The zero-order valence-corrected chi connectivity index (χ0v) is 8.15. The molecule has 78 valence electrons. The van der Waals surface area contributed by atoms with E-state index in [0.717, 1.165) is 0 Å². The molecule has 0 amide bonds. The van der Waals surface area contributed by atoms with E-state index in [1.54, 1.807) is 4.68 Å². The zero-order valence-electron chi connectivity index (χ0n) is 8.15. The van der Waals surface area contributed by atoms with Crippen LogP contribution in [0.3, 0.4) is 0 Å². The quantitative estimate of drug-likeness (QED) is 0.771. The summed E-state index contributed by atoms with van der Waals surface area (Å²) >= 11 is 0. The molecule has 2 rings (SSSR count). The number of benzene rings is 1. The summed E-state index contributed by atoms with van der Waals surface area (Å²) in [6.45, 7) is 2.48. The number of aromatic nitrogens is 2. The highest BCUT2D eigenvalue weighted by atomic mass is 16.4. The third-order valence-electron chi connectivity index (χ3n) is 2.33. The van der Waals surface area contributed by atoms with Gasteiger partial charge < -0.3 is 5.11 Å². The lowest BCUT2D eigenvalue weighted by Crippen LogP contribution is -2.03. The van der Waals surface area contributed by atoms with Crippen LogP contribution in [-0.4, -0.2) is 20.9 Å². The number of hydrogen-bond acceptors (Lipinski definition) is 2. The van der Waals surface area contributed by atoms with Crippen LogP contribution in [0, 0.1) is 0 Å². The van der Waals surface area contributed by atoms with E-state index < -0.39 is 5.97 Å². The fraction of sp³-hybridized carbons (Fsp3) is 0.200. The Hall–Kier alpha value is -2.04. The lowest BCUT2D eigenvalue weighted by Gasteiger charge is -1.99. The summed E-state index contributed by atoms with van der Waals surface area (Å²) in [4.78, 5) is 22.2. The van der Waals surface area contributed by atoms with Gasteiger partial charge in [0, 0.05) is 6.54 Å². The lowest BCUT2D eigenvalue weighted by molar-refractivity contribution is 0.0697. The van der Waals surface area contributed by atoms with Gasteiger partial charge in [-0.25, -0.2) is 4.79 Å². The molecule has 0 aliphatic heterocycles. The number of carboxylic acids is 1. The average molecular weight is 206 g/mol. The monoisotopic (exact) mass is 206 g/mol. The van der Waals surface area contributed by atoms with Crippen molar-refractivity contribution in [3.63, 3.8) is 0 Å². The van der Waals surface area contributed by atoms with E-state index in [-0.39, 0.29) is 11.1 Å². The number of H-pyrrole nitrogens is 1. The average Bonchev–Trinajstić information content (AvgIpc) is 2.55. The van der Waals surface area contributed by atoms with Crippen LogP contribution >= 0.6 is 0 Å². The molecule has 0 atom stereocenters. The predicted molar refractivity (Wildman–Crippen MR) is 55.2 cm³/mol. The molecule has 15 heavy (non-hydrogen) atoms. The maximum atomic E-state index is 11.4. The number of carboxylic acid groups (broad SMARTS) is 1. The highest BCUT2D eigenvalue weighted by Gasteiger charge is 2.09. The molecule has 0 unspecified atom stereocenters. The minimum atomic E-state index is -0.992. The molecule has 0 aliphatic rings. The Kier molecular flexibility index (Phi) is 2.07. The third kappa shape index (κ3) is 1.41. The molecule has 0 saturated heterocycles. The molecule has 1 heterocycles. The van der Waals surface area contributed by atoms with Crippen LogP contribution in [0.2, 0.25) is 0 Å². The van der Waals surface area contributed by atoms with Crippen molar-refractivity contribution in [2.24, 2.45) is 0 Å². The van der Waals surface area contributed by atoms with E-state index in [9.17, 15) is 9.59 Å². The molecule has 1 aromatic heterocycles. The molecule has 0 fully saturated rings. The second-order valence-electron chi connectivity index (χ2n) is 3.22. The molecule has 0 spiro atoms. The molecule has 5 nitrogen and oxygen atoms in total. The van der Waals surface area contributed by atoms with Crippen LogP contribution in [-0.2, 0) is 6.54 Å². The van der Waals surface area contributed by atoms with Gasteiger partial charge in [-0.2, -0.15) is 0 Å². The second kappa shape index (κ2) is 3.27. The number of carbonyl (C=O) groups is 1. The van der Waals surface area contributed by atoms with Gasteiger partial charge in [-0.1, -0.05) is 0 Å². The summed E-state index contributed by atoms with van der Waals surface area (Å²) in [5, 5.41) is 12.0. The van der Waals surface area contributed by atoms with Gasteiger partial charge >= 0.3 is 5.97 Å². The fourth-order valence-corrected chi connectivity index (χ4v) is 1.57. The number of aromatic carboxylic acids is 1. The normalized spacial score (nSPS) is 10.7. The first-order chi connectivity index (χ1) is 7.13. The number of aromatic amines is 1. The van der Waals surface area contributed by atoms with Crippen molar-refractivity contribution in [1.29, 1.82) is 0 Å². The summed E-state index contributed by atoms with van der Waals surface area (Å²) in [6, 6.07) is 4.46. The van der Waals surface area contributed by atoms with Crippen molar-refractivity contribution in [1.82, 2.24) is 9.78 Å². The van der Waals surface area contributed by atoms with E-state index in [1.807, 2.05) is 6.92 Å². The second-order valence-corrected chi connectivity index (χ2v) is 3.22. The smallest absolute Gasteiger partial charge is 0.335 e. The van der Waals surface area contributed by atoms with Crippen LogP contribution in [0.1, 0.15) is 17.3 Å². The molecule has 2 aromatic rings. The highest BCUT2D eigenvalue weighted by molar-refractivity contribution is 5.93. The van der Waals surface area contributed by atoms with Crippen molar-refractivity contribution >= 4 is 16.9 Å². The lowest BCUT2D eigenvalue weighted by atomic mass is 10.1. The topological polar surface area (TPSA) is 75.1 Å². The summed E-state index contributed by atoms with van der Waals surface area (Å²) < 4.78 is 1.63. The number of nitrogens with zero attached hydrogens (tertiary/aromatic N) is 1. The molecule has 0 aliphatic carbocycles. The third-order valence-corrected chi connectivity index (χ3v) is 2.33. The Morgan fingerprint density at radius 1 is 1.53 bits per heavy atom. The van der Waals surface area contributed by atoms with Gasteiger partial charge in [-0.3, -0.25) is 14.6 Å². The van der Waals surface area contributed by atoms with E-state index >= 15 is 0 Å². The van der Waals surface area contributed by atoms with Gasteiger partial charge in [0.15, 0.2) is 0 Å². The SMILES string of the molecule is CCn1[nH]c(=O)c2ccc(C(=O)O)cc21. The van der Waals surface area contributed by atoms with Crippen molar-refractivity contribution in [2.45, 2.75) is 13.5 Å². The number of hydrogen-bond donors (Lipinski definition) is 2. The van der Waals surface area contributed by atoms with E-state index in [0.29, 0.717) is 17.4 Å². The summed E-state index contributed by atoms with van der Waals surface area (Å²) in [6.07, 6.45) is 0. The van der Waals surface area contributed by atoms with Crippen LogP contribution in [0.15, 0.2) is 23.0 Å². The first kappa shape index (κ1) is 9.51. The summed E-state index contributed by atoms with van der Waals surface area (Å²) in [5.41, 5.74) is 0.620. The molecule has 5 heteroatoms. The number of nitrogens with one attached hydrogen (secondary N) is 1. The molecular formula is C10H10N2O3. The molecule has 2 N–H and O–H groups in total. The summed E-state index contributed by atoms with van der Waals surface area (Å²) in [7, 11) is 0. The van der Waals surface area contributed by atoms with Gasteiger partial charge in [0.25, 0.3) is 5.56 Å². The Balaban J connectivity index is 2.79. The van der Waals surface area contributed by atoms with Gasteiger partial charge in [0.1, 0.15) is 0 Å². The van der Waals surface area contributed by atoms with Gasteiger partial charge in [-0.15, -0.1) is 0 Å². The van der Waals surface area contributed by atoms with Crippen molar-refractivity contribution in [2.75, 3.05) is 0 Å². The number of aryl methyl sites for hydroxylation is 1. The zero-order chi connectivity index (χ0) is 11.0. The maximum absolute atomic E-state index is 11.4. The van der Waals surface area contributed by atoms with Crippen LogP contribution in [0.25, 0.3) is 10.9 Å². The molecule has 0 bridgehead atoms. The molecular weight excluding hydrogens is 196 g/mol. The van der Waals surface area contributed by atoms with Crippen molar-refractivity contribution in [3.8, 4) is 0 Å². The molecule has 0 radical (unpaired) electrons. The highest BCUT2D eigenvalue weighted by Crippen LogP contribution is 2.12. The Labute approximate surface area is 84.9 Å². The Morgan fingerprint density at radius 3 is 2.87 bits per heavy atom. The largest absolute Gasteiger partial charge is 0.478 e. The van der Waals surface area contributed by atoms with E-state index in [4.69, 9.17) is 5.11 Å². The maximum Gasteiger partial charge on any atom is 0.335 e. The first-order valence-electron chi connectivity index (χ1n) is 4.59. The van der Waals surface area contributed by atoms with Crippen molar-refractivity contribution < 1.29 is 9.90 Å². The first-order valence-corrected chi connectivity index (χ1v) is 4.59. The summed E-state index contributed by atoms with van der Waals surface area (Å²) in [5.74, 6) is -0.992. The van der Waals surface area contributed by atoms with Crippen LogP contribution < -0.4 is 5.56 Å². The van der Waals surface area contributed by atoms with E-state index in [1.165, 1.54) is 18.2 Å². The van der Waals surface area contributed by atoms with Crippen LogP contribution in [0.5, 0.6) is 0 Å². The Bertz CT molecular complexity index is 580. The number of rotatable bonds is 2. The van der Waals surface area contributed by atoms with Crippen LogP contribution in [0.4, 0.5) is 0 Å². The standard InChI is InChI=1S/C10H10N2O3/c1-2-12-8-5-6(10(14)15)3-4-7(8)9(13)11-12/h3-5H,2H2,1H3,(H,11,13)(H,14,15). The van der Waals surface area contributed by atoms with E-state index in [2.05, 4.69) is 5.10 Å². The fourth-order valence-electron chi connectivity index (χ4n) is 1.57. The molecule has 0 saturated carbocycles.